The molecule has 0 bridgehead atoms. The zero-order valence-electron chi connectivity index (χ0n) is 18.1. The molecular formula is C22H27N5O3S. The van der Waals surface area contributed by atoms with Gasteiger partial charge in [-0.1, -0.05) is 18.6 Å². The first-order chi connectivity index (χ1) is 15.0. The average molecular weight is 442 g/mol. The van der Waals surface area contributed by atoms with Gasteiger partial charge in [-0.3, -0.25) is 13.9 Å². The van der Waals surface area contributed by atoms with Crippen molar-refractivity contribution in [3.05, 3.63) is 45.1 Å². The predicted octanol–water partition coefficient (Wildman–Crippen LogP) is 2.28. The zero-order valence-corrected chi connectivity index (χ0v) is 18.9. The number of piperidine rings is 1. The lowest BCUT2D eigenvalue weighted by Gasteiger charge is -2.26. The summed E-state index contributed by atoms with van der Waals surface area (Å²) in [6.07, 6.45) is 3.78. The number of methoxy groups -OCH3 is 1. The number of aromatic nitrogens is 4. The van der Waals surface area contributed by atoms with Crippen molar-refractivity contribution in [1.82, 2.24) is 24.0 Å². The molecule has 9 heteroatoms. The van der Waals surface area contributed by atoms with Crippen LogP contribution in [0.4, 0.5) is 0 Å². The highest BCUT2D eigenvalue weighted by molar-refractivity contribution is 7.99. The molecule has 1 saturated heterocycles. The fraction of sp³-hybridized carbons (Fsp3) is 0.455. The Labute approximate surface area is 184 Å². The Bertz CT molecular complexity index is 1210. The van der Waals surface area contributed by atoms with E-state index >= 15 is 0 Å². The molecule has 0 unspecified atom stereocenters. The fourth-order valence-electron chi connectivity index (χ4n) is 3.88. The number of fused-ring (bicyclic) bond motifs is 1. The van der Waals surface area contributed by atoms with E-state index in [9.17, 15) is 9.59 Å². The van der Waals surface area contributed by atoms with Crippen molar-refractivity contribution in [3.63, 3.8) is 0 Å². The molecule has 0 amide bonds. The average Bonchev–Trinajstić information content (AvgIpc) is 2.81. The maximum Gasteiger partial charge on any atom is 0.332 e. The molecule has 1 aliphatic rings. The van der Waals surface area contributed by atoms with Crippen molar-refractivity contribution >= 4 is 22.8 Å². The molecule has 0 spiro atoms. The molecule has 4 rings (SSSR count). The first kappa shape index (κ1) is 21.6. The molecule has 3 aromatic rings. The quantitative estimate of drug-likeness (QED) is 0.429. The normalized spacial score (nSPS) is 14.8. The van der Waals surface area contributed by atoms with Crippen LogP contribution in [0.3, 0.4) is 0 Å². The van der Waals surface area contributed by atoms with E-state index in [1.807, 2.05) is 24.3 Å². The van der Waals surface area contributed by atoms with E-state index < -0.39 is 5.69 Å². The molecule has 164 valence electrons. The van der Waals surface area contributed by atoms with Gasteiger partial charge in [-0.15, -0.1) is 11.8 Å². The molecule has 1 fully saturated rings. The van der Waals surface area contributed by atoms with Gasteiger partial charge in [0, 0.05) is 32.0 Å². The van der Waals surface area contributed by atoms with E-state index in [2.05, 4.69) is 9.88 Å². The van der Waals surface area contributed by atoms with Crippen LogP contribution in [0.5, 0.6) is 5.75 Å². The lowest BCUT2D eigenvalue weighted by molar-refractivity contribution is 0.242. The van der Waals surface area contributed by atoms with Gasteiger partial charge in [0.2, 0.25) is 0 Å². The van der Waals surface area contributed by atoms with E-state index in [0.717, 1.165) is 35.5 Å². The summed E-state index contributed by atoms with van der Waals surface area (Å²) in [6, 6.07) is 7.46. The van der Waals surface area contributed by atoms with Gasteiger partial charge in [0.15, 0.2) is 11.5 Å². The van der Waals surface area contributed by atoms with Crippen LogP contribution in [0.25, 0.3) is 22.4 Å². The number of nitrogens with zero attached hydrogens (tertiary/aromatic N) is 5. The standard InChI is InChI=1S/C22H27N5O3S/c1-25-19-17(21(28)26(2)22(25)29)20(31-13-12-27-10-5-4-6-11-27)24-18(23-19)15-8-7-9-16(14-15)30-3/h7-9,14H,4-6,10-13H2,1-3H3. The van der Waals surface area contributed by atoms with Crippen LogP contribution < -0.4 is 16.0 Å². The Hall–Kier alpha value is -2.65. The van der Waals surface area contributed by atoms with Gasteiger partial charge < -0.3 is 9.64 Å². The molecule has 8 nitrogen and oxygen atoms in total. The topological polar surface area (TPSA) is 82.3 Å². The van der Waals surface area contributed by atoms with Gasteiger partial charge in [0.05, 0.1) is 7.11 Å². The first-order valence-corrected chi connectivity index (χ1v) is 11.5. The number of likely N-dealkylation sites (tertiary alicyclic amines) is 1. The Morgan fingerprint density at radius 2 is 1.84 bits per heavy atom. The lowest BCUT2D eigenvalue weighted by atomic mass is 10.1. The highest BCUT2D eigenvalue weighted by atomic mass is 32.2. The van der Waals surface area contributed by atoms with E-state index in [4.69, 9.17) is 9.72 Å². The molecule has 0 atom stereocenters. The maximum atomic E-state index is 13.0. The fourth-order valence-corrected chi connectivity index (χ4v) is 4.90. The van der Waals surface area contributed by atoms with Crippen LogP contribution in [-0.4, -0.2) is 56.5 Å². The van der Waals surface area contributed by atoms with E-state index in [0.29, 0.717) is 27.6 Å². The number of rotatable bonds is 6. The van der Waals surface area contributed by atoms with Crippen LogP contribution in [0.1, 0.15) is 19.3 Å². The summed E-state index contributed by atoms with van der Waals surface area (Å²) < 4.78 is 7.86. The van der Waals surface area contributed by atoms with Crippen molar-refractivity contribution in [2.75, 3.05) is 32.5 Å². The van der Waals surface area contributed by atoms with Crippen LogP contribution >= 0.6 is 11.8 Å². The number of benzene rings is 1. The Morgan fingerprint density at radius 3 is 2.58 bits per heavy atom. The minimum Gasteiger partial charge on any atom is -0.497 e. The smallest absolute Gasteiger partial charge is 0.332 e. The summed E-state index contributed by atoms with van der Waals surface area (Å²) in [5.41, 5.74) is 0.349. The minimum atomic E-state index is -0.406. The van der Waals surface area contributed by atoms with Crippen LogP contribution in [0.15, 0.2) is 38.9 Å². The van der Waals surface area contributed by atoms with Crippen molar-refractivity contribution < 1.29 is 4.74 Å². The second kappa shape index (κ2) is 9.23. The number of thioether (sulfide) groups is 1. The highest BCUT2D eigenvalue weighted by Crippen LogP contribution is 2.28. The summed E-state index contributed by atoms with van der Waals surface area (Å²) in [5, 5.41) is 0.996. The van der Waals surface area contributed by atoms with Crippen molar-refractivity contribution in [2.24, 2.45) is 14.1 Å². The largest absolute Gasteiger partial charge is 0.497 e. The Morgan fingerprint density at radius 1 is 1.06 bits per heavy atom. The predicted molar refractivity (Wildman–Crippen MR) is 123 cm³/mol. The van der Waals surface area contributed by atoms with Crippen LogP contribution in [0, 0.1) is 0 Å². The molecule has 1 aromatic carbocycles. The highest BCUT2D eigenvalue weighted by Gasteiger charge is 2.19. The third-order valence-electron chi connectivity index (χ3n) is 5.69. The molecular weight excluding hydrogens is 414 g/mol. The third-order valence-corrected chi connectivity index (χ3v) is 6.65. The molecule has 0 N–H and O–H groups in total. The van der Waals surface area contributed by atoms with Gasteiger partial charge in [-0.05, 0) is 38.1 Å². The number of aryl methyl sites for hydroxylation is 1. The maximum absolute atomic E-state index is 13.0. The van der Waals surface area contributed by atoms with Gasteiger partial charge in [-0.2, -0.15) is 0 Å². The van der Waals surface area contributed by atoms with Gasteiger partial charge in [0.25, 0.3) is 5.56 Å². The van der Waals surface area contributed by atoms with E-state index in [1.165, 1.54) is 30.9 Å². The van der Waals surface area contributed by atoms with Crippen molar-refractivity contribution in [2.45, 2.75) is 24.3 Å². The monoisotopic (exact) mass is 441 g/mol. The van der Waals surface area contributed by atoms with Crippen LogP contribution in [0.2, 0.25) is 0 Å². The summed E-state index contributed by atoms with van der Waals surface area (Å²) in [6.45, 7) is 3.18. The molecule has 3 heterocycles. The molecule has 0 radical (unpaired) electrons. The van der Waals surface area contributed by atoms with E-state index in [1.54, 1.807) is 25.9 Å². The lowest BCUT2D eigenvalue weighted by Crippen LogP contribution is -2.37. The summed E-state index contributed by atoms with van der Waals surface area (Å²) in [5.74, 6) is 1.98. The second-order valence-corrected chi connectivity index (χ2v) is 8.82. The van der Waals surface area contributed by atoms with Gasteiger partial charge in [0.1, 0.15) is 16.2 Å². The third kappa shape index (κ3) is 4.38. The molecule has 0 saturated carbocycles. The van der Waals surface area contributed by atoms with E-state index in [-0.39, 0.29) is 5.56 Å². The zero-order chi connectivity index (χ0) is 22.0. The molecule has 1 aliphatic heterocycles. The minimum absolute atomic E-state index is 0.349. The Balaban J connectivity index is 1.79. The molecule has 2 aromatic heterocycles. The first-order valence-electron chi connectivity index (χ1n) is 10.5. The SMILES string of the molecule is COc1cccc(-c2nc(SCCN3CCCCC3)c3c(=O)n(C)c(=O)n(C)c3n2)c1. The Kier molecular flexibility index (Phi) is 6.43. The van der Waals surface area contributed by atoms with Crippen molar-refractivity contribution in [3.8, 4) is 17.1 Å². The molecule has 0 aliphatic carbocycles. The number of hydrogen-bond donors (Lipinski definition) is 0. The summed E-state index contributed by atoms with van der Waals surface area (Å²) in [7, 11) is 4.73. The second-order valence-electron chi connectivity index (χ2n) is 7.74. The molecule has 31 heavy (non-hydrogen) atoms. The van der Waals surface area contributed by atoms with Crippen LogP contribution in [-0.2, 0) is 14.1 Å². The number of hydrogen-bond acceptors (Lipinski definition) is 7. The summed E-state index contributed by atoms with van der Waals surface area (Å²) in [4.78, 5) is 37.3. The number of ether oxygens (including phenoxy) is 1. The van der Waals surface area contributed by atoms with Gasteiger partial charge >= 0.3 is 5.69 Å². The van der Waals surface area contributed by atoms with Crippen molar-refractivity contribution in [1.29, 1.82) is 0 Å². The van der Waals surface area contributed by atoms with Gasteiger partial charge in [-0.25, -0.2) is 14.8 Å². The summed E-state index contributed by atoms with van der Waals surface area (Å²) >= 11 is 1.55.